The summed E-state index contributed by atoms with van der Waals surface area (Å²) in [7, 11) is 0. The Bertz CT molecular complexity index is 222. The number of nitrogens with zero attached hydrogens (tertiary/aromatic N) is 1. The highest BCUT2D eigenvalue weighted by Crippen LogP contribution is 2.48. The van der Waals surface area contributed by atoms with Gasteiger partial charge >= 0.3 is 0 Å². The molecule has 1 saturated heterocycles. The van der Waals surface area contributed by atoms with E-state index < -0.39 is 0 Å². The lowest BCUT2D eigenvalue weighted by Crippen LogP contribution is -2.48. The first-order valence-electron chi connectivity index (χ1n) is 6.21. The molecule has 0 radical (unpaired) electrons. The molecular weight excluding hydrogens is 204 g/mol. The van der Waals surface area contributed by atoms with Gasteiger partial charge in [-0.3, -0.25) is 4.90 Å². The number of rotatable bonds is 1. The molecule has 1 saturated carbocycles. The fraction of sp³-hybridized carbons (Fsp3) is 1.00. The maximum absolute atomic E-state index is 6.32. The maximum atomic E-state index is 6.32. The van der Waals surface area contributed by atoms with Gasteiger partial charge in [-0.1, -0.05) is 6.92 Å². The summed E-state index contributed by atoms with van der Waals surface area (Å²) in [6, 6.07) is 0.449. The van der Waals surface area contributed by atoms with Gasteiger partial charge in [-0.05, 0) is 57.0 Å². The Hall–Kier alpha value is 0.270. The summed E-state index contributed by atoms with van der Waals surface area (Å²) in [6.45, 7) is 6.89. The van der Waals surface area contributed by atoms with Crippen molar-refractivity contribution in [1.29, 1.82) is 0 Å². The van der Waals surface area contributed by atoms with Crippen molar-refractivity contribution < 1.29 is 0 Å². The number of likely N-dealkylation sites (tertiary alicyclic amines) is 1. The van der Waals surface area contributed by atoms with Gasteiger partial charge in [0.05, 0.1) is 0 Å². The summed E-state index contributed by atoms with van der Waals surface area (Å²) < 4.78 is 0. The molecule has 1 spiro atoms. The highest BCUT2D eigenvalue weighted by Gasteiger charge is 2.45. The van der Waals surface area contributed by atoms with E-state index >= 15 is 0 Å². The summed E-state index contributed by atoms with van der Waals surface area (Å²) in [5.41, 5.74) is 6.79. The minimum absolute atomic E-state index is 0.400. The molecule has 1 aliphatic heterocycles. The van der Waals surface area contributed by atoms with Crippen LogP contribution in [0.15, 0.2) is 0 Å². The van der Waals surface area contributed by atoms with Crippen LogP contribution in [0.3, 0.4) is 0 Å². The van der Waals surface area contributed by atoms with Crippen LogP contribution < -0.4 is 5.73 Å². The average molecular weight is 228 g/mol. The summed E-state index contributed by atoms with van der Waals surface area (Å²) in [6.07, 6.45) is 5.15. The van der Waals surface area contributed by atoms with Crippen molar-refractivity contribution in [2.24, 2.45) is 17.1 Å². The minimum atomic E-state index is 0.400. The van der Waals surface area contributed by atoms with Crippen molar-refractivity contribution in [2.75, 3.05) is 13.1 Å². The molecule has 3 heteroatoms. The van der Waals surface area contributed by atoms with Gasteiger partial charge in [0, 0.05) is 11.4 Å². The second kappa shape index (κ2) is 4.27. The zero-order valence-electron chi connectivity index (χ0n) is 9.95. The molecule has 0 aromatic rings. The minimum Gasteiger partial charge on any atom is -0.327 e. The first-order valence-corrected chi connectivity index (χ1v) is 6.73. The summed E-state index contributed by atoms with van der Waals surface area (Å²) in [5.74, 6) is 0.833. The van der Waals surface area contributed by atoms with E-state index in [0.29, 0.717) is 16.8 Å². The summed E-state index contributed by atoms with van der Waals surface area (Å²) in [4.78, 5) is 2.46. The molecule has 2 aliphatic rings. The van der Waals surface area contributed by atoms with Gasteiger partial charge in [-0.15, -0.1) is 0 Å². The molecule has 1 aliphatic carbocycles. The van der Waals surface area contributed by atoms with E-state index in [2.05, 4.69) is 31.4 Å². The molecule has 3 atom stereocenters. The van der Waals surface area contributed by atoms with Crippen molar-refractivity contribution in [2.45, 2.75) is 50.9 Å². The Labute approximate surface area is 99.0 Å². The molecule has 0 aromatic carbocycles. The van der Waals surface area contributed by atoms with Crippen LogP contribution in [0.2, 0.25) is 0 Å². The van der Waals surface area contributed by atoms with Gasteiger partial charge in [0.2, 0.25) is 0 Å². The Balaban J connectivity index is 1.97. The largest absolute Gasteiger partial charge is 0.327 e. The van der Waals surface area contributed by atoms with Crippen LogP contribution in [0.25, 0.3) is 0 Å². The maximum Gasteiger partial charge on any atom is 0.0499 e. The van der Waals surface area contributed by atoms with E-state index in [-0.39, 0.29) is 0 Å². The Morgan fingerprint density at radius 3 is 2.40 bits per heavy atom. The molecule has 2 nitrogen and oxygen atoms in total. The highest BCUT2D eigenvalue weighted by atomic mass is 32.1. The molecular formula is C12H24N2S. The lowest BCUT2D eigenvalue weighted by atomic mass is 9.74. The monoisotopic (exact) mass is 228 g/mol. The van der Waals surface area contributed by atoms with Crippen molar-refractivity contribution in [3.63, 3.8) is 0 Å². The normalized spacial score (nSPS) is 38.4. The Morgan fingerprint density at radius 1 is 1.40 bits per heavy atom. The lowest BCUT2D eigenvalue weighted by Gasteiger charge is -2.43. The molecule has 15 heavy (non-hydrogen) atoms. The van der Waals surface area contributed by atoms with E-state index in [0.717, 1.165) is 5.92 Å². The molecule has 0 aromatic heterocycles. The molecule has 0 bridgehead atoms. The third-order valence-corrected chi connectivity index (χ3v) is 4.85. The average Bonchev–Trinajstić information content (AvgIpc) is 2.42. The van der Waals surface area contributed by atoms with Crippen molar-refractivity contribution in [1.82, 2.24) is 4.90 Å². The predicted octanol–water partition coefficient (Wildman–Crippen LogP) is 2.10. The molecule has 2 fully saturated rings. The molecule has 2 N–H and O–H groups in total. The predicted molar refractivity (Wildman–Crippen MR) is 68.1 cm³/mol. The summed E-state index contributed by atoms with van der Waals surface area (Å²) in [5, 5.41) is 0.400. The van der Waals surface area contributed by atoms with E-state index in [9.17, 15) is 0 Å². The van der Waals surface area contributed by atoms with E-state index in [1.807, 2.05) is 0 Å². The van der Waals surface area contributed by atoms with Crippen LogP contribution >= 0.6 is 12.6 Å². The first-order chi connectivity index (χ1) is 7.03. The van der Waals surface area contributed by atoms with Crippen LogP contribution in [-0.2, 0) is 0 Å². The van der Waals surface area contributed by atoms with Crippen molar-refractivity contribution >= 4 is 12.6 Å². The second-order valence-electron chi connectivity index (χ2n) is 5.68. The molecule has 2 rings (SSSR count). The smallest absolute Gasteiger partial charge is 0.0499 e. The van der Waals surface area contributed by atoms with E-state index in [1.54, 1.807) is 0 Å². The Kier molecular flexibility index (Phi) is 3.34. The second-order valence-corrected chi connectivity index (χ2v) is 6.43. The SMILES string of the molecule is CC(S)N1CCC2(CC1)C[C@H](C)C[C@H]2N. The van der Waals surface area contributed by atoms with Crippen molar-refractivity contribution in [3.05, 3.63) is 0 Å². The quantitative estimate of drug-likeness (QED) is 0.673. The summed E-state index contributed by atoms with van der Waals surface area (Å²) >= 11 is 4.51. The van der Waals surface area contributed by atoms with E-state index in [4.69, 9.17) is 5.73 Å². The lowest BCUT2D eigenvalue weighted by molar-refractivity contribution is 0.0897. The first kappa shape index (κ1) is 11.7. The molecule has 1 unspecified atom stereocenters. The molecule has 1 heterocycles. The molecule has 0 amide bonds. The fourth-order valence-electron chi connectivity index (χ4n) is 3.53. The number of hydrogen-bond acceptors (Lipinski definition) is 3. The number of thiol groups is 1. The third-order valence-electron chi connectivity index (χ3n) is 4.52. The van der Waals surface area contributed by atoms with Crippen LogP contribution in [0.4, 0.5) is 0 Å². The Morgan fingerprint density at radius 2 is 2.00 bits per heavy atom. The van der Waals surface area contributed by atoms with Gasteiger partial charge in [-0.2, -0.15) is 12.6 Å². The number of hydrogen-bond donors (Lipinski definition) is 2. The highest BCUT2D eigenvalue weighted by molar-refractivity contribution is 7.80. The van der Waals surface area contributed by atoms with E-state index in [1.165, 1.54) is 38.8 Å². The van der Waals surface area contributed by atoms with Crippen LogP contribution in [-0.4, -0.2) is 29.4 Å². The zero-order chi connectivity index (χ0) is 11.1. The van der Waals surface area contributed by atoms with Gasteiger partial charge in [0.25, 0.3) is 0 Å². The standard InChI is InChI=1S/C12H24N2S/c1-9-7-11(13)12(8-9)3-5-14(6-4-12)10(2)15/h9-11,15H,3-8,13H2,1-2H3/t9-,10?,11-/m1/s1. The van der Waals surface area contributed by atoms with Crippen LogP contribution in [0, 0.1) is 11.3 Å². The van der Waals surface area contributed by atoms with Gasteiger partial charge in [0.1, 0.15) is 0 Å². The van der Waals surface area contributed by atoms with Gasteiger partial charge in [0.15, 0.2) is 0 Å². The number of piperidine rings is 1. The number of nitrogens with two attached hydrogens (primary N) is 1. The molecule has 88 valence electrons. The zero-order valence-corrected chi connectivity index (χ0v) is 10.8. The van der Waals surface area contributed by atoms with Crippen LogP contribution in [0.5, 0.6) is 0 Å². The van der Waals surface area contributed by atoms with Crippen LogP contribution in [0.1, 0.15) is 39.5 Å². The van der Waals surface area contributed by atoms with Gasteiger partial charge in [-0.25, -0.2) is 0 Å². The third kappa shape index (κ3) is 2.20. The topological polar surface area (TPSA) is 29.3 Å². The fourth-order valence-corrected chi connectivity index (χ4v) is 3.76. The van der Waals surface area contributed by atoms with Gasteiger partial charge < -0.3 is 5.73 Å². The van der Waals surface area contributed by atoms with Crippen molar-refractivity contribution in [3.8, 4) is 0 Å².